The van der Waals surface area contributed by atoms with Gasteiger partial charge >= 0.3 is 0 Å². The van der Waals surface area contributed by atoms with Gasteiger partial charge in [-0.25, -0.2) is 0 Å². The third kappa shape index (κ3) is 3.42. The molecule has 3 rings (SSSR count). The van der Waals surface area contributed by atoms with Crippen LogP contribution in [0.3, 0.4) is 0 Å². The highest BCUT2D eigenvalue weighted by molar-refractivity contribution is 8.05. The second-order valence-electron chi connectivity index (χ2n) is 6.37. The normalized spacial score (nSPS) is 18.9. The van der Waals surface area contributed by atoms with Gasteiger partial charge in [-0.05, 0) is 24.0 Å². The molecule has 0 radical (unpaired) electrons. The Morgan fingerprint density at radius 1 is 1.35 bits per heavy atom. The Morgan fingerprint density at radius 2 is 2.13 bits per heavy atom. The summed E-state index contributed by atoms with van der Waals surface area (Å²) in [6.45, 7) is 5.14. The number of allylic oxidation sites excluding steroid dienone is 3. The quantitative estimate of drug-likeness (QED) is 0.839. The number of carbonyl (C=O) groups is 1. The molecule has 0 spiro atoms. The maximum absolute atomic E-state index is 12.7. The predicted octanol–water partition coefficient (Wildman–Crippen LogP) is 3.96. The minimum absolute atomic E-state index is 0.0959. The molecular formula is C19H22N2OS. The zero-order valence-electron chi connectivity index (χ0n) is 13.8. The molecule has 1 aromatic rings. The molecule has 1 amide bonds. The smallest absolute Gasteiger partial charge is 0.257 e. The summed E-state index contributed by atoms with van der Waals surface area (Å²) in [4.78, 5) is 20.3. The Bertz CT molecular complexity index is 703. The summed E-state index contributed by atoms with van der Waals surface area (Å²) in [6, 6.07) is 8.21. The molecule has 1 unspecified atom stereocenters. The molecule has 0 N–H and O–H groups in total. The lowest BCUT2D eigenvalue weighted by Crippen LogP contribution is -2.34. The number of aliphatic imine (C=N–C) groups is 1. The Labute approximate surface area is 142 Å². The molecule has 0 fully saturated rings. The lowest BCUT2D eigenvalue weighted by atomic mass is 10.0. The molecular weight excluding hydrogens is 304 g/mol. The highest BCUT2D eigenvalue weighted by Crippen LogP contribution is 2.37. The van der Waals surface area contributed by atoms with Gasteiger partial charge in [0, 0.05) is 24.1 Å². The Morgan fingerprint density at radius 3 is 2.91 bits per heavy atom. The maximum atomic E-state index is 12.7. The molecule has 0 saturated heterocycles. The van der Waals surface area contributed by atoms with Gasteiger partial charge in [0.15, 0.2) is 5.37 Å². The van der Waals surface area contributed by atoms with E-state index in [9.17, 15) is 4.79 Å². The van der Waals surface area contributed by atoms with Crippen molar-refractivity contribution in [1.29, 1.82) is 0 Å². The molecule has 0 bridgehead atoms. The summed E-state index contributed by atoms with van der Waals surface area (Å²) in [5.41, 5.74) is 3.21. The SMILES string of the molecule is CC(C)CCN(C)C(=O)C1N=C2C(=CC=Cc3ccccc32)S1. The standard InChI is InChI=1S/C19H22N2OS/c1-13(2)11-12-21(3)19(22)18-20-17-15-9-5-4-7-14(15)8-6-10-16(17)23-18/h4-10,13,18H,11-12H2,1-3H3. The highest BCUT2D eigenvalue weighted by atomic mass is 32.2. The number of nitrogens with zero attached hydrogens (tertiary/aromatic N) is 2. The van der Waals surface area contributed by atoms with Gasteiger partial charge in [0.2, 0.25) is 0 Å². The van der Waals surface area contributed by atoms with Crippen LogP contribution < -0.4 is 0 Å². The molecule has 1 aliphatic carbocycles. The van der Waals surface area contributed by atoms with Crippen LogP contribution >= 0.6 is 11.8 Å². The predicted molar refractivity (Wildman–Crippen MR) is 98.6 cm³/mol. The lowest BCUT2D eigenvalue weighted by molar-refractivity contribution is -0.129. The monoisotopic (exact) mass is 326 g/mol. The summed E-state index contributed by atoms with van der Waals surface area (Å²) < 4.78 is 0. The molecule has 0 aromatic heterocycles. The van der Waals surface area contributed by atoms with Crippen molar-refractivity contribution in [3.8, 4) is 0 Å². The van der Waals surface area contributed by atoms with E-state index in [0.717, 1.165) is 34.7 Å². The first-order valence-corrected chi connectivity index (χ1v) is 8.92. The topological polar surface area (TPSA) is 32.7 Å². The van der Waals surface area contributed by atoms with Crippen molar-refractivity contribution in [1.82, 2.24) is 4.90 Å². The van der Waals surface area contributed by atoms with E-state index < -0.39 is 0 Å². The van der Waals surface area contributed by atoms with Gasteiger partial charge in [-0.15, -0.1) is 0 Å². The van der Waals surface area contributed by atoms with Crippen molar-refractivity contribution < 1.29 is 4.79 Å². The van der Waals surface area contributed by atoms with E-state index in [1.807, 2.05) is 30.2 Å². The molecule has 3 nitrogen and oxygen atoms in total. The lowest BCUT2D eigenvalue weighted by Gasteiger charge is -2.20. The molecule has 1 aromatic carbocycles. The molecule has 120 valence electrons. The van der Waals surface area contributed by atoms with Crippen LogP contribution in [-0.4, -0.2) is 35.5 Å². The Hall–Kier alpha value is -1.81. The first-order valence-electron chi connectivity index (χ1n) is 8.04. The van der Waals surface area contributed by atoms with Crippen LogP contribution in [-0.2, 0) is 4.79 Å². The number of hydrogen-bond acceptors (Lipinski definition) is 3. The summed E-state index contributed by atoms with van der Waals surface area (Å²) in [6.07, 6.45) is 7.21. The minimum atomic E-state index is -0.354. The molecule has 23 heavy (non-hydrogen) atoms. The zero-order valence-corrected chi connectivity index (χ0v) is 14.6. The fourth-order valence-corrected chi connectivity index (χ4v) is 3.77. The van der Waals surface area contributed by atoms with Gasteiger partial charge in [-0.1, -0.05) is 62.0 Å². The largest absolute Gasteiger partial charge is 0.343 e. The van der Waals surface area contributed by atoms with Crippen LogP contribution in [0.25, 0.3) is 6.08 Å². The average molecular weight is 326 g/mol. The number of amides is 1. The van der Waals surface area contributed by atoms with Gasteiger partial charge in [-0.2, -0.15) is 0 Å². The van der Waals surface area contributed by atoms with Crippen molar-refractivity contribution >= 4 is 29.5 Å². The third-order valence-electron chi connectivity index (χ3n) is 4.09. The number of benzene rings is 1. The number of fused-ring (bicyclic) bond motifs is 3. The number of rotatable bonds is 4. The van der Waals surface area contributed by atoms with E-state index >= 15 is 0 Å². The van der Waals surface area contributed by atoms with Crippen LogP contribution in [0.5, 0.6) is 0 Å². The number of thioether (sulfide) groups is 1. The first-order chi connectivity index (χ1) is 11.1. The van der Waals surface area contributed by atoms with E-state index in [1.54, 1.807) is 11.8 Å². The van der Waals surface area contributed by atoms with Crippen molar-refractivity contribution in [2.24, 2.45) is 10.9 Å². The highest BCUT2D eigenvalue weighted by Gasteiger charge is 2.32. The summed E-state index contributed by atoms with van der Waals surface area (Å²) >= 11 is 1.56. The zero-order chi connectivity index (χ0) is 16.4. The van der Waals surface area contributed by atoms with Gasteiger partial charge < -0.3 is 4.90 Å². The fraction of sp³-hybridized carbons (Fsp3) is 0.368. The van der Waals surface area contributed by atoms with E-state index in [1.165, 1.54) is 0 Å². The van der Waals surface area contributed by atoms with Gasteiger partial charge in [0.05, 0.1) is 5.71 Å². The summed E-state index contributed by atoms with van der Waals surface area (Å²) in [5, 5.41) is -0.354. The van der Waals surface area contributed by atoms with Crippen LogP contribution in [0, 0.1) is 5.92 Å². The third-order valence-corrected chi connectivity index (χ3v) is 5.20. The van der Waals surface area contributed by atoms with Gasteiger partial charge in [0.25, 0.3) is 5.91 Å². The van der Waals surface area contributed by atoms with E-state index in [0.29, 0.717) is 5.92 Å². The minimum Gasteiger partial charge on any atom is -0.343 e. The Kier molecular flexibility index (Phi) is 4.71. The van der Waals surface area contributed by atoms with Gasteiger partial charge in [0.1, 0.15) is 0 Å². The van der Waals surface area contributed by atoms with Crippen LogP contribution in [0.2, 0.25) is 0 Å². The van der Waals surface area contributed by atoms with Crippen molar-refractivity contribution in [2.75, 3.05) is 13.6 Å². The summed E-state index contributed by atoms with van der Waals surface area (Å²) in [7, 11) is 1.88. The second-order valence-corrected chi connectivity index (χ2v) is 7.49. The fourth-order valence-electron chi connectivity index (χ4n) is 2.66. The van der Waals surface area contributed by atoms with Crippen molar-refractivity contribution in [3.05, 3.63) is 52.4 Å². The molecule has 1 aliphatic heterocycles. The van der Waals surface area contributed by atoms with Crippen LogP contribution in [0.4, 0.5) is 0 Å². The van der Waals surface area contributed by atoms with E-state index in [4.69, 9.17) is 4.99 Å². The molecule has 2 aliphatic rings. The molecule has 1 atom stereocenters. The number of likely N-dealkylation sites (N-methyl/N-ethyl adjacent to an activating group) is 1. The Balaban J connectivity index is 1.81. The summed E-state index contributed by atoms with van der Waals surface area (Å²) in [5.74, 6) is 0.692. The number of hydrogen-bond donors (Lipinski definition) is 0. The molecule has 4 heteroatoms. The average Bonchev–Trinajstić information content (AvgIpc) is 2.88. The molecule has 0 saturated carbocycles. The second kappa shape index (κ2) is 6.75. The van der Waals surface area contributed by atoms with E-state index in [-0.39, 0.29) is 11.3 Å². The van der Waals surface area contributed by atoms with Gasteiger partial charge in [-0.3, -0.25) is 9.79 Å². The first kappa shape index (κ1) is 16.1. The van der Waals surface area contributed by atoms with Crippen molar-refractivity contribution in [3.63, 3.8) is 0 Å². The van der Waals surface area contributed by atoms with E-state index in [2.05, 4.69) is 38.1 Å². The molecule has 1 heterocycles. The van der Waals surface area contributed by atoms with Crippen LogP contribution in [0.15, 0.2) is 46.3 Å². The maximum Gasteiger partial charge on any atom is 0.257 e. The number of carbonyl (C=O) groups excluding carboxylic acids is 1. The van der Waals surface area contributed by atoms with Crippen LogP contribution in [0.1, 0.15) is 31.4 Å². The van der Waals surface area contributed by atoms with Crippen molar-refractivity contribution in [2.45, 2.75) is 25.6 Å².